The Morgan fingerprint density at radius 2 is 2.19 bits per heavy atom. The maximum atomic E-state index is 9.90. The van der Waals surface area contributed by atoms with Crippen LogP contribution < -0.4 is 0 Å². The van der Waals surface area contributed by atoms with Crippen LogP contribution in [0.2, 0.25) is 10.0 Å². The molecule has 1 aromatic carbocycles. The number of rotatable bonds is 3. The Balaban J connectivity index is 2.15. The van der Waals surface area contributed by atoms with E-state index in [2.05, 4.69) is 9.59 Å². The average Bonchev–Trinajstić information content (AvgIpc) is 2.75. The summed E-state index contributed by atoms with van der Waals surface area (Å²) in [6, 6.07) is 5.22. The molecule has 1 heterocycles. The first-order chi connectivity index (χ1) is 7.66. The molecule has 1 atom stereocenters. The monoisotopic (exact) mass is 274 g/mol. The molecule has 0 saturated carbocycles. The molecule has 0 amide bonds. The summed E-state index contributed by atoms with van der Waals surface area (Å²) in [6.07, 6.45) is 1.36. The minimum Gasteiger partial charge on any atom is -0.387 e. The highest BCUT2D eigenvalue weighted by atomic mass is 35.5. The molecule has 6 heteroatoms. The smallest absolute Gasteiger partial charge is 0.0954 e. The standard InChI is InChI=1S/C10H8Cl2N2OS/c11-7-2-1-6(8(12)4-7)3-9(15)10-5-13-14-16-10/h1-2,4-5,9,15H,3H2. The number of aliphatic hydroxyl groups excluding tert-OH is 1. The van der Waals surface area contributed by atoms with Gasteiger partial charge >= 0.3 is 0 Å². The zero-order chi connectivity index (χ0) is 11.5. The minimum absolute atomic E-state index is 0.430. The molecular formula is C10H8Cl2N2OS. The van der Waals surface area contributed by atoms with E-state index in [1.54, 1.807) is 18.3 Å². The van der Waals surface area contributed by atoms with Gasteiger partial charge < -0.3 is 5.11 Å². The summed E-state index contributed by atoms with van der Waals surface area (Å²) >= 11 is 13.0. The molecule has 3 nitrogen and oxygen atoms in total. The molecule has 0 aliphatic heterocycles. The molecule has 2 aromatic rings. The van der Waals surface area contributed by atoms with Gasteiger partial charge in [0.1, 0.15) is 0 Å². The molecule has 16 heavy (non-hydrogen) atoms. The SMILES string of the molecule is OC(Cc1ccc(Cl)cc1Cl)c1cnns1. The van der Waals surface area contributed by atoms with E-state index < -0.39 is 6.10 Å². The molecule has 84 valence electrons. The fraction of sp³-hybridized carbons (Fsp3) is 0.200. The average molecular weight is 275 g/mol. The summed E-state index contributed by atoms with van der Waals surface area (Å²) in [5.74, 6) is 0. The minimum atomic E-state index is -0.626. The van der Waals surface area contributed by atoms with E-state index in [-0.39, 0.29) is 0 Å². The Labute approximate surface area is 107 Å². The molecule has 0 bridgehead atoms. The van der Waals surface area contributed by atoms with Crippen LogP contribution in [-0.4, -0.2) is 14.7 Å². The van der Waals surface area contributed by atoms with E-state index >= 15 is 0 Å². The summed E-state index contributed by atoms with van der Waals surface area (Å²) in [6.45, 7) is 0. The van der Waals surface area contributed by atoms with E-state index in [9.17, 15) is 5.11 Å². The molecule has 0 radical (unpaired) electrons. The van der Waals surface area contributed by atoms with E-state index in [0.29, 0.717) is 16.5 Å². The molecule has 1 unspecified atom stereocenters. The van der Waals surface area contributed by atoms with Crippen LogP contribution in [-0.2, 0) is 6.42 Å². The van der Waals surface area contributed by atoms with Crippen molar-refractivity contribution in [1.29, 1.82) is 0 Å². The van der Waals surface area contributed by atoms with E-state index in [1.807, 2.05) is 6.07 Å². The van der Waals surface area contributed by atoms with Crippen LogP contribution in [0.15, 0.2) is 24.4 Å². The maximum Gasteiger partial charge on any atom is 0.0954 e. The summed E-state index contributed by atoms with van der Waals surface area (Å²) in [5.41, 5.74) is 0.854. The number of aliphatic hydroxyl groups is 1. The summed E-state index contributed by atoms with van der Waals surface area (Å²) in [7, 11) is 0. The van der Waals surface area contributed by atoms with Crippen LogP contribution >= 0.6 is 34.7 Å². The van der Waals surface area contributed by atoms with Crippen LogP contribution in [0.3, 0.4) is 0 Å². The first-order valence-electron chi connectivity index (χ1n) is 4.56. The number of halogens is 2. The highest BCUT2D eigenvalue weighted by molar-refractivity contribution is 7.05. The molecule has 1 N–H and O–H groups in total. The van der Waals surface area contributed by atoms with Crippen molar-refractivity contribution in [3.8, 4) is 0 Å². The number of aromatic nitrogens is 2. The quantitative estimate of drug-likeness (QED) is 0.936. The third kappa shape index (κ3) is 2.71. The molecule has 0 fully saturated rings. The molecule has 1 aromatic heterocycles. The Morgan fingerprint density at radius 3 is 2.81 bits per heavy atom. The van der Waals surface area contributed by atoms with Gasteiger partial charge in [-0.15, -0.1) is 5.10 Å². The molecule has 0 spiro atoms. The van der Waals surface area contributed by atoms with Crippen molar-refractivity contribution in [3.05, 3.63) is 44.9 Å². The van der Waals surface area contributed by atoms with E-state index in [4.69, 9.17) is 23.2 Å². The van der Waals surface area contributed by atoms with Gasteiger partial charge in [-0.2, -0.15) is 0 Å². The van der Waals surface area contributed by atoms with Crippen molar-refractivity contribution in [2.45, 2.75) is 12.5 Å². The van der Waals surface area contributed by atoms with E-state index in [1.165, 1.54) is 11.5 Å². The lowest BCUT2D eigenvalue weighted by molar-refractivity contribution is 0.182. The normalized spacial score (nSPS) is 12.7. The zero-order valence-corrected chi connectivity index (χ0v) is 10.4. The second-order valence-electron chi connectivity index (χ2n) is 3.28. The van der Waals surface area contributed by atoms with Crippen molar-refractivity contribution in [1.82, 2.24) is 9.59 Å². The van der Waals surface area contributed by atoms with Gasteiger partial charge in [-0.3, -0.25) is 0 Å². The maximum absolute atomic E-state index is 9.90. The molecule has 0 aliphatic rings. The van der Waals surface area contributed by atoms with Gasteiger partial charge in [0, 0.05) is 16.5 Å². The Kier molecular flexibility index (Phi) is 3.76. The van der Waals surface area contributed by atoms with Gasteiger partial charge in [0.2, 0.25) is 0 Å². The fourth-order valence-electron chi connectivity index (χ4n) is 1.32. The molecule has 0 aliphatic carbocycles. The van der Waals surface area contributed by atoms with Crippen molar-refractivity contribution in [3.63, 3.8) is 0 Å². The van der Waals surface area contributed by atoms with Crippen molar-refractivity contribution < 1.29 is 5.11 Å². The van der Waals surface area contributed by atoms with Gasteiger partial charge in [-0.05, 0) is 29.2 Å². The first-order valence-corrected chi connectivity index (χ1v) is 6.09. The lowest BCUT2D eigenvalue weighted by atomic mass is 10.1. The zero-order valence-electron chi connectivity index (χ0n) is 8.10. The van der Waals surface area contributed by atoms with Gasteiger partial charge in [-0.1, -0.05) is 33.8 Å². The highest BCUT2D eigenvalue weighted by Gasteiger charge is 2.13. The second-order valence-corrected chi connectivity index (χ2v) is 4.94. The third-order valence-electron chi connectivity index (χ3n) is 2.14. The number of hydrogen-bond acceptors (Lipinski definition) is 4. The molecular weight excluding hydrogens is 267 g/mol. The van der Waals surface area contributed by atoms with Crippen LogP contribution in [0.25, 0.3) is 0 Å². The van der Waals surface area contributed by atoms with Gasteiger partial charge in [-0.25, -0.2) is 0 Å². The van der Waals surface area contributed by atoms with Crippen molar-refractivity contribution in [2.24, 2.45) is 0 Å². The Morgan fingerprint density at radius 1 is 1.38 bits per heavy atom. The van der Waals surface area contributed by atoms with Crippen LogP contribution in [0.1, 0.15) is 16.5 Å². The van der Waals surface area contributed by atoms with Gasteiger partial charge in [0.15, 0.2) is 0 Å². The van der Waals surface area contributed by atoms with Crippen LogP contribution in [0.5, 0.6) is 0 Å². The number of nitrogens with zero attached hydrogens (tertiary/aromatic N) is 2. The van der Waals surface area contributed by atoms with Crippen LogP contribution in [0.4, 0.5) is 0 Å². The number of hydrogen-bond donors (Lipinski definition) is 1. The lowest BCUT2D eigenvalue weighted by Gasteiger charge is -2.09. The summed E-state index contributed by atoms with van der Waals surface area (Å²) < 4.78 is 3.70. The fourth-order valence-corrected chi connectivity index (χ4v) is 2.29. The highest BCUT2D eigenvalue weighted by Crippen LogP contribution is 2.26. The summed E-state index contributed by atoms with van der Waals surface area (Å²) in [4.78, 5) is 0.728. The van der Waals surface area contributed by atoms with Gasteiger partial charge in [0.05, 0.1) is 17.2 Å². The molecule has 0 saturated heterocycles. The third-order valence-corrected chi connectivity index (χ3v) is 3.49. The second kappa shape index (κ2) is 5.10. The molecule has 2 rings (SSSR count). The largest absolute Gasteiger partial charge is 0.387 e. The predicted octanol–water partition coefficient (Wildman–Crippen LogP) is 3.12. The van der Waals surface area contributed by atoms with Crippen molar-refractivity contribution >= 4 is 34.7 Å². The van der Waals surface area contributed by atoms with E-state index in [0.717, 1.165) is 10.4 Å². The lowest BCUT2D eigenvalue weighted by Crippen LogP contribution is -2.00. The van der Waals surface area contributed by atoms with Gasteiger partial charge in [0.25, 0.3) is 0 Å². The topological polar surface area (TPSA) is 46.0 Å². The van der Waals surface area contributed by atoms with Crippen LogP contribution in [0, 0.1) is 0 Å². The first kappa shape index (κ1) is 11.8. The number of benzene rings is 1. The Bertz CT molecular complexity index is 476. The summed E-state index contributed by atoms with van der Waals surface area (Å²) in [5, 5.41) is 14.7. The predicted molar refractivity (Wildman–Crippen MR) is 65.0 cm³/mol. The Hall–Kier alpha value is -0.680. The van der Waals surface area contributed by atoms with Crippen molar-refractivity contribution in [2.75, 3.05) is 0 Å².